The minimum Gasteiger partial charge on any atom is -0.497 e. The molecule has 4 fully saturated rings. The van der Waals surface area contributed by atoms with Crippen LogP contribution in [0.1, 0.15) is 77.8 Å². The Morgan fingerprint density at radius 3 is 2.48 bits per heavy atom. The van der Waals surface area contributed by atoms with Gasteiger partial charge in [-0.25, -0.2) is 14.8 Å². The summed E-state index contributed by atoms with van der Waals surface area (Å²) in [5.41, 5.74) is 7.48. The van der Waals surface area contributed by atoms with Gasteiger partial charge in [0.1, 0.15) is 11.6 Å². The van der Waals surface area contributed by atoms with Crippen molar-refractivity contribution in [2.45, 2.75) is 84.3 Å². The number of anilines is 4. The predicted molar refractivity (Wildman–Crippen MR) is 232 cm³/mol. The third-order valence-electron chi connectivity index (χ3n) is 13.7. The Morgan fingerprint density at radius 2 is 1.75 bits per heavy atom. The Balaban J connectivity index is 1.05. The number of thiazole rings is 1. The van der Waals surface area contributed by atoms with E-state index in [1.165, 1.54) is 6.42 Å². The van der Waals surface area contributed by atoms with E-state index in [-0.39, 0.29) is 23.3 Å². The van der Waals surface area contributed by atoms with Crippen molar-refractivity contribution >= 4 is 50.1 Å². The number of ether oxygens (including phenoxy) is 2. The second-order valence-corrected chi connectivity index (χ2v) is 18.6. The molecule has 6 aromatic rings. The number of rotatable bonds is 12. The van der Waals surface area contributed by atoms with Crippen LogP contribution < -0.4 is 15.0 Å². The second kappa shape index (κ2) is 14.9. The van der Waals surface area contributed by atoms with E-state index < -0.39 is 5.97 Å². The minimum absolute atomic E-state index is 0.0282. The lowest BCUT2D eigenvalue weighted by Gasteiger charge is -2.61. The van der Waals surface area contributed by atoms with Gasteiger partial charge in [-0.05, 0) is 125 Å². The molecule has 5 aliphatic rings. The maximum atomic E-state index is 13.4. The zero-order valence-electron chi connectivity index (χ0n) is 34.5. The summed E-state index contributed by atoms with van der Waals surface area (Å²) >= 11 is 1.57. The number of aromatic nitrogens is 6. The molecule has 0 spiro atoms. The van der Waals surface area contributed by atoms with Crippen molar-refractivity contribution in [3.8, 4) is 28.0 Å². The standard InChI is InChI=1S/C46H50N8O5S/c1-26-33-8-7-15-53(41(33)52-51-40(26)50-44-48-35-9-5-6-10-36(35)60-44)42-37(31-11-13-32(58-4)14-12-31)27(2)38(39(49-42)43(56)57)34-23-47-54(28(34)3)25-45-19-29-18-30(20-45)22-46(21-29,24-45)59-17-16-55/h5-6,9-14,23,29-30,55H,7-8,15-22,24-25H2,1-4H3,(H,56,57)(H,48,50,51). The van der Waals surface area contributed by atoms with Crippen LogP contribution in [0.3, 0.4) is 0 Å². The molecule has 2 unspecified atom stereocenters. The first-order valence-corrected chi connectivity index (χ1v) is 21.8. The second-order valence-electron chi connectivity index (χ2n) is 17.6. The molecule has 4 aliphatic carbocycles. The Labute approximate surface area is 352 Å². The van der Waals surface area contributed by atoms with Gasteiger partial charge >= 0.3 is 5.97 Å². The monoisotopic (exact) mass is 826 g/mol. The van der Waals surface area contributed by atoms with Gasteiger partial charge in [0, 0.05) is 46.6 Å². The molecule has 0 radical (unpaired) electrons. The number of nitrogens with one attached hydrogen (secondary N) is 1. The number of aliphatic hydroxyl groups is 1. The van der Waals surface area contributed by atoms with Crippen molar-refractivity contribution in [1.29, 1.82) is 0 Å². The van der Waals surface area contributed by atoms with Crippen molar-refractivity contribution in [1.82, 2.24) is 29.9 Å². The summed E-state index contributed by atoms with van der Waals surface area (Å²) in [6, 6.07) is 15.9. The predicted octanol–water partition coefficient (Wildman–Crippen LogP) is 8.82. The molecule has 4 bridgehead atoms. The van der Waals surface area contributed by atoms with Gasteiger partial charge in [0.15, 0.2) is 22.5 Å². The van der Waals surface area contributed by atoms with Crippen LogP contribution in [0.25, 0.3) is 32.5 Å². The number of benzene rings is 2. The summed E-state index contributed by atoms with van der Waals surface area (Å²) in [6.07, 6.45) is 10.0. The topological polar surface area (TPSA) is 161 Å². The summed E-state index contributed by atoms with van der Waals surface area (Å²) in [7, 11) is 1.64. The number of aromatic carboxylic acids is 1. The maximum absolute atomic E-state index is 13.4. The van der Waals surface area contributed by atoms with Crippen LogP contribution in [0, 0.1) is 38.0 Å². The average Bonchev–Trinajstić information content (AvgIpc) is 3.81. The van der Waals surface area contributed by atoms with Gasteiger partial charge in [-0.3, -0.25) is 4.68 Å². The Hall–Kier alpha value is -5.44. The van der Waals surface area contributed by atoms with Crippen LogP contribution >= 0.6 is 11.3 Å². The normalized spacial score (nSPS) is 23.0. The van der Waals surface area contributed by atoms with Crippen molar-refractivity contribution in [2.75, 3.05) is 37.1 Å². The number of methoxy groups -OCH3 is 1. The highest BCUT2D eigenvalue weighted by atomic mass is 32.1. The fraction of sp³-hybridized carbons (Fsp3) is 0.435. The number of carboxylic acids is 1. The van der Waals surface area contributed by atoms with E-state index in [4.69, 9.17) is 29.6 Å². The quantitative estimate of drug-likeness (QED) is 0.108. The van der Waals surface area contributed by atoms with E-state index in [9.17, 15) is 15.0 Å². The van der Waals surface area contributed by atoms with Crippen LogP contribution in [0.4, 0.5) is 22.6 Å². The molecule has 0 saturated heterocycles. The lowest BCUT2D eigenvalue weighted by molar-refractivity contribution is -0.199. The van der Waals surface area contributed by atoms with Crippen molar-refractivity contribution in [2.24, 2.45) is 17.3 Å². The molecule has 1 aliphatic heterocycles. The molecule has 11 rings (SSSR count). The fourth-order valence-corrected chi connectivity index (χ4v) is 12.4. The summed E-state index contributed by atoms with van der Waals surface area (Å²) in [5, 5.41) is 39.3. The molecule has 0 amide bonds. The molecule has 3 N–H and O–H groups in total. The third-order valence-corrected chi connectivity index (χ3v) is 14.6. The van der Waals surface area contributed by atoms with Crippen LogP contribution in [-0.4, -0.2) is 78.6 Å². The van der Waals surface area contributed by atoms with Crippen molar-refractivity contribution in [3.63, 3.8) is 0 Å². The number of aliphatic hydroxyl groups excluding tert-OH is 1. The van der Waals surface area contributed by atoms with E-state index in [0.29, 0.717) is 48.0 Å². The molecular formula is C46H50N8O5S. The summed E-state index contributed by atoms with van der Waals surface area (Å²) < 4.78 is 15.2. The van der Waals surface area contributed by atoms with Crippen molar-refractivity contribution in [3.05, 3.63) is 82.8 Å². The molecule has 4 saturated carbocycles. The van der Waals surface area contributed by atoms with Crippen LogP contribution in [0.2, 0.25) is 0 Å². The maximum Gasteiger partial charge on any atom is 0.355 e. The highest BCUT2D eigenvalue weighted by Crippen LogP contribution is 2.63. The lowest BCUT2D eigenvalue weighted by Crippen LogP contribution is -2.58. The fourth-order valence-electron chi connectivity index (χ4n) is 11.6. The summed E-state index contributed by atoms with van der Waals surface area (Å²) in [5.74, 6) is 2.66. The largest absolute Gasteiger partial charge is 0.497 e. The molecule has 5 heterocycles. The van der Waals surface area contributed by atoms with Crippen LogP contribution in [0.5, 0.6) is 5.75 Å². The van der Waals surface area contributed by atoms with Crippen LogP contribution in [0.15, 0.2) is 54.7 Å². The highest BCUT2D eigenvalue weighted by Gasteiger charge is 2.58. The Kier molecular flexibility index (Phi) is 9.64. The highest BCUT2D eigenvalue weighted by molar-refractivity contribution is 7.22. The number of fused-ring (bicyclic) bond motifs is 2. The van der Waals surface area contributed by atoms with Gasteiger partial charge in [-0.2, -0.15) is 5.10 Å². The number of hydrogen-bond donors (Lipinski definition) is 3. The first-order valence-electron chi connectivity index (χ1n) is 21.0. The molecule has 4 aromatic heterocycles. The molecule has 310 valence electrons. The van der Waals surface area contributed by atoms with Crippen LogP contribution in [-0.2, 0) is 17.7 Å². The van der Waals surface area contributed by atoms with E-state index in [0.717, 1.165) is 112 Å². The van der Waals surface area contributed by atoms with Gasteiger partial charge in [0.25, 0.3) is 0 Å². The first-order chi connectivity index (χ1) is 29.1. The lowest BCUT2D eigenvalue weighted by atomic mass is 9.48. The number of nitrogens with zero attached hydrogens (tertiary/aromatic N) is 7. The number of carboxylic acid groups (broad SMARTS) is 1. The van der Waals surface area contributed by atoms with Gasteiger partial charge in [-0.15, -0.1) is 10.2 Å². The van der Waals surface area contributed by atoms with E-state index >= 15 is 0 Å². The zero-order valence-corrected chi connectivity index (χ0v) is 35.3. The van der Waals surface area contributed by atoms with Gasteiger partial charge in [0.05, 0.1) is 42.3 Å². The third kappa shape index (κ3) is 6.59. The molecule has 2 atom stereocenters. The summed E-state index contributed by atoms with van der Waals surface area (Å²) in [6.45, 7) is 7.83. The smallest absolute Gasteiger partial charge is 0.355 e. The average molecular weight is 827 g/mol. The Morgan fingerprint density at radius 1 is 0.967 bits per heavy atom. The van der Waals surface area contributed by atoms with Gasteiger partial charge in [0.2, 0.25) is 0 Å². The number of pyridine rings is 1. The number of hydrogen-bond acceptors (Lipinski definition) is 12. The molecular weight excluding hydrogens is 777 g/mol. The molecule has 14 heteroatoms. The SMILES string of the molecule is COc1ccc(-c2c(N3CCCc4c3nnc(Nc3nc5ccccc5s3)c4C)nc(C(=O)O)c(-c3cnn(CC45CC6CC(C4)CC(OCCO)(C6)C5)c3C)c2C)cc1. The van der Waals surface area contributed by atoms with E-state index in [1.54, 1.807) is 18.4 Å². The van der Waals surface area contributed by atoms with E-state index in [1.807, 2.05) is 74.3 Å². The molecule has 13 nitrogen and oxygen atoms in total. The number of carbonyl (C=O) groups is 1. The molecule has 60 heavy (non-hydrogen) atoms. The minimum atomic E-state index is -1.11. The molecule has 2 aromatic carbocycles. The summed E-state index contributed by atoms with van der Waals surface area (Å²) in [4.78, 5) is 25.3. The first kappa shape index (κ1) is 38.7. The Bertz CT molecular complexity index is 2590. The van der Waals surface area contributed by atoms with Gasteiger partial charge < -0.3 is 29.9 Å². The van der Waals surface area contributed by atoms with E-state index in [2.05, 4.69) is 21.2 Å². The number of para-hydroxylation sites is 1. The zero-order chi connectivity index (χ0) is 41.3. The van der Waals surface area contributed by atoms with Gasteiger partial charge in [-0.1, -0.05) is 35.6 Å². The van der Waals surface area contributed by atoms with Crippen molar-refractivity contribution < 1.29 is 24.5 Å².